The first-order chi connectivity index (χ1) is 23.4. The molecule has 3 heterocycles. The smallest absolute Gasteiger partial charge is 0.338 e. The van der Waals surface area contributed by atoms with Crippen LogP contribution in [-0.2, 0) is 9.53 Å². The summed E-state index contributed by atoms with van der Waals surface area (Å²) < 4.78 is 18.9. The Morgan fingerprint density at radius 3 is 2.31 bits per heavy atom. The minimum absolute atomic E-state index is 0.162. The lowest BCUT2D eigenvalue weighted by Crippen LogP contribution is -2.40. The first kappa shape index (κ1) is 31.0. The van der Waals surface area contributed by atoms with Gasteiger partial charge in [0.25, 0.3) is 5.56 Å². The quantitative estimate of drug-likeness (QED) is 0.191. The predicted octanol–water partition coefficient (Wildman–Crippen LogP) is 6.41. The lowest BCUT2D eigenvalue weighted by Gasteiger charge is -2.26. The van der Waals surface area contributed by atoms with Crippen LogP contribution in [0.2, 0.25) is 0 Å². The van der Waals surface area contributed by atoms with Crippen molar-refractivity contribution in [3.63, 3.8) is 0 Å². The molecule has 9 heteroatoms. The van der Waals surface area contributed by atoms with Gasteiger partial charge in [0.1, 0.15) is 0 Å². The molecular weight excluding hydrogens is 623 g/mol. The molecule has 0 saturated carbocycles. The number of thiazole rings is 1. The van der Waals surface area contributed by atoms with Crippen molar-refractivity contribution in [3.8, 4) is 22.8 Å². The fraction of sp³-hybridized carbons (Fsp3) is 0.154. The Kier molecular flexibility index (Phi) is 8.29. The van der Waals surface area contributed by atoms with Gasteiger partial charge >= 0.3 is 5.97 Å². The average Bonchev–Trinajstić information content (AvgIpc) is 3.64. The standard InChI is InChI=1S/C39H33N3O5S/c1-5-47-38(44)33-35(25-14-10-7-11-15-25)41-39-42(36(33)26-17-19-30(45-3)31(21-26)46-4)37(43)32(48-39)22-28-27-20-23(2)16-18-29(27)40-34(28)24-12-8-6-9-13-24/h6-22,36,40H,5H2,1-4H3/b32-22+/t36-/m1/s1. The summed E-state index contributed by atoms with van der Waals surface area (Å²) in [6.07, 6.45) is 1.94. The largest absolute Gasteiger partial charge is 0.493 e. The van der Waals surface area contributed by atoms with Crippen molar-refractivity contribution in [2.45, 2.75) is 19.9 Å². The van der Waals surface area contributed by atoms with Crippen LogP contribution >= 0.6 is 11.3 Å². The van der Waals surface area contributed by atoms with Crippen molar-refractivity contribution in [3.05, 3.63) is 145 Å². The molecule has 7 rings (SSSR count). The van der Waals surface area contributed by atoms with Crippen LogP contribution in [0.5, 0.6) is 11.5 Å². The number of aryl methyl sites for hydroxylation is 1. The lowest BCUT2D eigenvalue weighted by atomic mass is 9.93. The Morgan fingerprint density at radius 2 is 1.62 bits per heavy atom. The van der Waals surface area contributed by atoms with Crippen LogP contribution in [0.1, 0.15) is 35.2 Å². The van der Waals surface area contributed by atoms with E-state index in [9.17, 15) is 9.59 Å². The van der Waals surface area contributed by atoms with Crippen molar-refractivity contribution in [1.29, 1.82) is 0 Å². The molecule has 0 amide bonds. The number of carbonyl (C=O) groups excluding carboxylic acids is 1. The first-order valence-electron chi connectivity index (χ1n) is 15.6. The number of esters is 1. The molecule has 4 aromatic carbocycles. The van der Waals surface area contributed by atoms with Gasteiger partial charge in [-0.3, -0.25) is 9.36 Å². The van der Waals surface area contributed by atoms with E-state index in [2.05, 4.69) is 30.1 Å². The summed E-state index contributed by atoms with van der Waals surface area (Å²) in [4.78, 5) is 37.6. The normalized spacial score (nSPS) is 14.5. The molecule has 6 aromatic rings. The van der Waals surface area contributed by atoms with Crippen LogP contribution in [0, 0.1) is 6.92 Å². The second kappa shape index (κ2) is 12.8. The summed E-state index contributed by atoms with van der Waals surface area (Å²) in [6, 6.07) is 30.4. The van der Waals surface area contributed by atoms with E-state index in [1.807, 2.05) is 72.8 Å². The zero-order valence-electron chi connectivity index (χ0n) is 26.9. The van der Waals surface area contributed by atoms with Crippen LogP contribution in [0.15, 0.2) is 112 Å². The van der Waals surface area contributed by atoms with Gasteiger partial charge in [-0.2, -0.15) is 0 Å². The van der Waals surface area contributed by atoms with Crippen molar-refractivity contribution >= 4 is 40.0 Å². The maximum atomic E-state index is 14.7. The molecule has 0 spiro atoms. The molecule has 2 aromatic heterocycles. The van der Waals surface area contributed by atoms with E-state index >= 15 is 0 Å². The van der Waals surface area contributed by atoms with Gasteiger partial charge in [-0.1, -0.05) is 89.7 Å². The van der Waals surface area contributed by atoms with Crippen LogP contribution in [0.4, 0.5) is 0 Å². The van der Waals surface area contributed by atoms with Gasteiger partial charge in [0.05, 0.1) is 48.4 Å². The summed E-state index contributed by atoms with van der Waals surface area (Å²) in [6.45, 7) is 3.97. The highest BCUT2D eigenvalue weighted by atomic mass is 32.1. The molecule has 0 bridgehead atoms. The molecular formula is C39H33N3O5S. The number of hydrogen-bond donors (Lipinski definition) is 1. The topological polar surface area (TPSA) is 94.9 Å². The Labute approximate surface area is 280 Å². The van der Waals surface area contributed by atoms with Crippen molar-refractivity contribution in [2.24, 2.45) is 4.99 Å². The molecule has 0 aliphatic carbocycles. The summed E-state index contributed by atoms with van der Waals surface area (Å²) in [5, 5.41) is 1.01. The number of hydrogen-bond acceptors (Lipinski definition) is 7. The molecule has 0 unspecified atom stereocenters. The molecule has 1 atom stereocenters. The molecule has 1 N–H and O–H groups in total. The summed E-state index contributed by atoms with van der Waals surface area (Å²) in [7, 11) is 3.12. The van der Waals surface area contributed by atoms with Gasteiger partial charge < -0.3 is 19.2 Å². The van der Waals surface area contributed by atoms with E-state index in [-0.39, 0.29) is 17.7 Å². The fourth-order valence-electron chi connectivity index (χ4n) is 6.22. The Balaban J connectivity index is 1.54. The second-order valence-corrected chi connectivity index (χ2v) is 12.4. The molecule has 0 radical (unpaired) electrons. The summed E-state index contributed by atoms with van der Waals surface area (Å²) >= 11 is 1.29. The molecule has 1 aliphatic heterocycles. The number of methoxy groups -OCH3 is 2. The predicted molar refractivity (Wildman–Crippen MR) is 189 cm³/mol. The summed E-state index contributed by atoms with van der Waals surface area (Å²) in [5.41, 5.74) is 6.74. The van der Waals surface area contributed by atoms with Crippen LogP contribution < -0.4 is 24.4 Å². The maximum Gasteiger partial charge on any atom is 0.338 e. The van der Waals surface area contributed by atoms with Gasteiger partial charge in [0.15, 0.2) is 16.3 Å². The third kappa shape index (κ3) is 5.42. The SMILES string of the molecule is CCOC(=O)C1=C(c2ccccc2)N=c2s/c(=C/c3c(-c4ccccc4)[nH]c4ccc(C)cc34)c(=O)n2[C@@H]1c1ccc(OC)c(OC)c1. The highest BCUT2D eigenvalue weighted by Gasteiger charge is 2.35. The highest BCUT2D eigenvalue weighted by molar-refractivity contribution is 7.07. The Hall–Kier alpha value is -5.67. The minimum atomic E-state index is -0.851. The number of nitrogens with zero attached hydrogens (tertiary/aromatic N) is 2. The molecule has 240 valence electrons. The zero-order chi connectivity index (χ0) is 33.4. The first-order valence-corrected chi connectivity index (χ1v) is 16.4. The lowest BCUT2D eigenvalue weighted by molar-refractivity contribution is -0.138. The van der Waals surface area contributed by atoms with Crippen LogP contribution in [-0.4, -0.2) is 36.3 Å². The number of rotatable bonds is 8. The zero-order valence-corrected chi connectivity index (χ0v) is 27.8. The fourth-order valence-corrected chi connectivity index (χ4v) is 7.20. The number of carbonyl (C=O) groups is 1. The third-order valence-electron chi connectivity index (χ3n) is 8.43. The van der Waals surface area contributed by atoms with Gasteiger partial charge in [-0.15, -0.1) is 0 Å². The van der Waals surface area contributed by atoms with E-state index in [1.165, 1.54) is 11.3 Å². The summed E-state index contributed by atoms with van der Waals surface area (Å²) in [5.74, 6) is 0.453. The maximum absolute atomic E-state index is 14.7. The van der Waals surface area contributed by atoms with Crippen LogP contribution in [0.3, 0.4) is 0 Å². The number of ether oxygens (including phenoxy) is 3. The molecule has 48 heavy (non-hydrogen) atoms. The number of aromatic amines is 1. The van der Waals surface area contributed by atoms with Gasteiger partial charge in [0.2, 0.25) is 0 Å². The number of benzene rings is 4. The number of aromatic nitrogens is 2. The van der Waals surface area contributed by atoms with E-state index in [1.54, 1.807) is 37.8 Å². The third-order valence-corrected chi connectivity index (χ3v) is 9.41. The van der Waals surface area contributed by atoms with Crippen molar-refractivity contribution < 1.29 is 19.0 Å². The van der Waals surface area contributed by atoms with E-state index in [4.69, 9.17) is 19.2 Å². The molecule has 0 fully saturated rings. The molecule has 0 saturated heterocycles. The average molecular weight is 656 g/mol. The van der Waals surface area contributed by atoms with E-state index < -0.39 is 12.0 Å². The number of fused-ring (bicyclic) bond motifs is 2. The van der Waals surface area contributed by atoms with Gasteiger partial charge in [-0.05, 0) is 55.3 Å². The molecule has 1 aliphatic rings. The highest BCUT2D eigenvalue weighted by Crippen LogP contribution is 2.39. The minimum Gasteiger partial charge on any atom is -0.493 e. The monoisotopic (exact) mass is 655 g/mol. The van der Waals surface area contributed by atoms with Crippen molar-refractivity contribution in [2.75, 3.05) is 20.8 Å². The van der Waals surface area contributed by atoms with Gasteiger partial charge in [0, 0.05) is 22.0 Å². The van der Waals surface area contributed by atoms with Crippen LogP contribution in [0.25, 0.3) is 33.9 Å². The Morgan fingerprint density at radius 1 is 0.917 bits per heavy atom. The van der Waals surface area contributed by atoms with Crippen molar-refractivity contribution in [1.82, 2.24) is 9.55 Å². The number of H-pyrrole nitrogens is 1. The van der Waals surface area contributed by atoms with Gasteiger partial charge in [-0.25, -0.2) is 9.79 Å². The number of nitrogens with one attached hydrogen (secondary N) is 1. The second-order valence-electron chi connectivity index (χ2n) is 11.4. The van der Waals surface area contributed by atoms with E-state index in [0.717, 1.165) is 38.9 Å². The Bertz CT molecular complexity index is 2390. The van der Waals surface area contributed by atoms with E-state index in [0.29, 0.717) is 32.1 Å². The molecule has 8 nitrogen and oxygen atoms in total.